The Morgan fingerprint density at radius 1 is 0.852 bits per heavy atom. The summed E-state index contributed by atoms with van der Waals surface area (Å²) in [7, 11) is 0. The van der Waals surface area contributed by atoms with Crippen LogP contribution in [0.5, 0.6) is 5.75 Å². The summed E-state index contributed by atoms with van der Waals surface area (Å²) in [6.45, 7) is 0. The standard InChI is InChI=1S/C19H18O8/c20-13(10-5-2-1-3-6-10)11-7-4-8-12(9-11)26-19-16(23)14(21)15(22)17(27-19)18(24)25/h1-9,14-17,19,21-23H,(H,24,25)/t14-,15-,16+,17-,19+/m0/s1. The van der Waals surface area contributed by atoms with Crippen molar-refractivity contribution in [3.05, 3.63) is 65.7 Å². The lowest BCUT2D eigenvalue weighted by Crippen LogP contribution is -2.61. The van der Waals surface area contributed by atoms with E-state index in [1.165, 1.54) is 12.1 Å². The zero-order valence-corrected chi connectivity index (χ0v) is 14.0. The number of benzene rings is 2. The van der Waals surface area contributed by atoms with Crippen LogP contribution < -0.4 is 4.74 Å². The minimum Gasteiger partial charge on any atom is -0.479 e. The molecule has 27 heavy (non-hydrogen) atoms. The molecule has 4 N–H and O–H groups in total. The number of aliphatic carboxylic acids is 1. The van der Waals surface area contributed by atoms with E-state index in [1.807, 2.05) is 0 Å². The number of ether oxygens (including phenoxy) is 2. The molecule has 2 aromatic carbocycles. The number of ketones is 1. The fourth-order valence-electron chi connectivity index (χ4n) is 2.75. The summed E-state index contributed by atoms with van der Waals surface area (Å²) in [5, 5.41) is 38.6. The van der Waals surface area contributed by atoms with E-state index >= 15 is 0 Å². The van der Waals surface area contributed by atoms with Gasteiger partial charge in [0.2, 0.25) is 6.29 Å². The number of rotatable bonds is 5. The van der Waals surface area contributed by atoms with E-state index in [-0.39, 0.29) is 11.5 Å². The van der Waals surface area contributed by atoms with Gasteiger partial charge in [-0.1, -0.05) is 42.5 Å². The fraction of sp³-hybridized carbons (Fsp3) is 0.263. The SMILES string of the molecule is O=C(c1ccccc1)c1cccc(O[C@@H]2O[C@H](C(=O)O)[C@@H](O)[C@H](O)[C@H]2O)c1. The molecule has 0 aliphatic carbocycles. The molecular weight excluding hydrogens is 356 g/mol. The van der Waals surface area contributed by atoms with Crippen molar-refractivity contribution in [2.75, 3.05) is 0 Å². The molecule has 1 saturated heterocycles. The van der Waals surface area contributed by atoms with Gasteiger partial charge in [0.25, 0.3) is 0 Å². The largest absolute Gasteiger partial charge is 0.479 e. The topological polar surface area (TPSA) is 134 Å². The summed E-state index contributed by atoms with van der Waals surface area (Å²) in [5.74, 6) is -1.62. The second-order valence-corrected chi connectivity index (χ2v) is 6.08. The van der Waals surface area contributed by atoms with Crippen molar-refractivity contribution >= 4 is 11.8 Å². The average Bonchev–Trinajstić information content (AvgIpc) is 2.68. The molecule has 0 bridgehead atoms. The molecule has 8 nitrogen and oxygen atoms in total. The summed E-state index contributed by atoms with van der Waals surface area (Å²) in [6, 6.07) is 14.6. The van der Waals surface area contributed by atoms with E-state index in [9.17, 15) is 24.9 Å². The van der Waals surface area contributed by atoms with Crippen LogP contribution in [0.25, 0.3) is 0 Å². The third-order valence-corrected chi connectivity index (χ3v) is 4.20. The molecule has 0 amide bonds. The molecule has 2 aromatic rings. The molecule has 142 valence electrons. The van der Waals surface area contributed by atoms with Gasteiger partial charge >= 0.3 is 5.97 Å². The van der Waals surface area contributed by atoms with Gasteiger partial charge in [-0.15, -0.1) is 0 Å². The first-order valence-electron chi connectivity index (χ1n) is 8.17. The third-order valence-electron chi connectivity index (χ3n) is 4.20. The Morgan fingerprint density at radius 2 is 1.52 bits per heavy atom. The summed E-state index contributed by atoms with van der Waals surface area (Å²) in [5.41, 5.74) is 0.799. The van der Waals surface area contributed by atoms with E-state index < -0.39 is 36.7 Å². The average molecular weight is 374 g/mol. The molecule has 0 unspecified atom stereocenters. The number of carbonyl (C=O) groups excluding carboxylic acids is 1. The maximum absolute atomic E-state index is 12.5. The van der Waals surface area contributed by atoms with Crippen molar-refractivity contribution in [2.24, 2.45) is 0 Å². The van der Waals surface area contributed by atoms with Crippen LogP contribution in [0, 0.1) is 0 Å². The fourth-order valence-corrected chi connectivity index (χ4v) is 2.75. The second kappa shape index (κ2) is 7.85. The summed E-state index contributed by atoms with van der Waals surface area (Å²) >= 11 is 0. The molecule has 1 fully saturated rings. The van der Waals surface area contributed by atoms with Gasteiger partial charge in [-0.3, -0.25) is 4.79 Å². The highest BCUT2D eigenvalue weighted by Crippen LogP contribution is 2.25. The monoisotopic (exact) mass is 374 g/mol. The van der Waals surface area contributed by atoms with Crippen molar-refractivity contribution < 1.29 is 39.5 Å². The second-order valence-electron chi connectivity index (χ2n) is 6.08. The van der Waals surface area contributed by atoms with E-state index in [2.05, 4.69) is 0 Å². The van der Waals surface area contributed by atoms with Crippen molar-refractivity contribution in [1.82, 2.24) is 0 Å². The van der Waals surface area contributed by atoms with Crippen molar-refractivity contribution in [2.45, 2.75) is 30.7 Å². The van der Waals surface area contributed by atoms with Crippen LogP contribution in [0.4, 0.5) is 0 Å². The Balaban J connectivity index is 1.79. The lowest BCUT2D eigenvalue weighted by molar-refractivity contribution is -0.271. The first kappa shape index (κ1) is 19.0. The molecule has 1 aliphatic rings. The van der Waals surface area contributed by atoms with E-state index in [0.29, 0.717) is 11.1 Å². The Morgan fingerprint density at radius 3 is 2.19 bits per heavy atom. The van der Waals surface area contributed by atoms with Gasteiger partial charge in [0.15, 0.2) is 11.9 Å². The molecule has 3 rings (SSSR count). The number of aliphatic hydroxyl groups is 3. The molecule has 0 saturated carbocycles. The highest BCUT2D eigenvalue weighted by molar-refractivity contribution is 6.09. The van der Waals surface area contributed by atoms with Crippen LogP contribution in [0.1, 0.15) is 15.9 Å². The van der Waals surface area contributed by atoms with Crippen LogP contribution in [-0.2, 0) is 9.53 Å². The van der Waals surface area contributed by atoms with E-state index in [0.717, 1.165) is 0 Å². The van der Waals surface area contributed by atoms with Crippen LogP contribution in [-0.4, -0.2) is 62.9 Å². The number of carboxylic acid groups (broad SMARTS) is 1. The van der Waals surface area contributed by atoms with Crippen LogP contribution >= 0.6 is 0 Å². The summed E-state index contributed by atoms with van der Waals surface area (Å²) < 4.78 is 10.5. The Hall–Kier alpha value is -2.78. The minimum atomic E-state index is -1.80. The van der Waals surface area contributed by atoms with E-state index in [1.54, 1.807) is 42.5 Å². The zero-order valence-electron chi connectivity index (χ0n) is 14.0. The van der Waals surface area contributed by atoms with Gasteiger partial charge in [-0.2, -0.15) is 0 Å². The number of carboxylic acids is 1. The van der Waals surface area contributed by atoms with Gasteiger partial charge in [0.1, 0.15) is 24.1 Å². The van der Waals surface area contributed by atoms with Crippen LogP contribution in [0.3, 0.4) is 0 Å². The van der Waals surface area contributed by atoms with Gasteiger partial charge in [0, 0.05) is 11.1 Å². The summed E-state index contributed by atoms with van der Waals surface area (Å²) in [6.07, 6.45) is -8.54. The van der Waals surface area contributed by atoms with Crippen molar-refractivity contribution in [3.8, 4) is 5.75 Å². The van der Waals surface area contributed by atoms with Gasteiger partial charge in [0.05, 0.1) is 0 Å². The molecule has 0 radical (unpaired) electrons. The summed E-state index contributed by atoms with van der Waals surface area (Å²) in [4.78, 5) is 23.6. The number of aliphatic hydroxyl groups excluding tert-OH is 3. The van der Waals surface area contributed by atoms with Crippen molar-refractivity contribution in [1.29, 1.82) is 0 Å². The maximum Gasteiger partial charge on any atom is 0.335 e. The predicted octanol–water partition coefficient (Wildman–Crippen LogP) is 0.189. The smallest absolute Gasteiger partial charge is 0.335 e. The van der Waals surface area contributed by atoms with Crippen LogP contribution in [0.15, 0.2) is 54.6 Å². The van der Waals surface area contributed by atoms with Crippen molar-refractivity contribution in [3.63, 3.8) is 0 Å². The van der Waals surface area contributed by atoms with Gasteiger partial charge in [-0.05, 0) is 12.1 Å². The quantitative estimate of drug-likeness (QED) is 0.545. The predicted molar refractivity (Wildman–Crippen MR) is 91.3 cm³/mol. The number of hydrogen-bond acceptors (Lipinski definition) is 7. The first-order chi connectivity index (χ1) is 12.9. The Bertz CT molecular complexity index is 821. The molecule has 0 aromatic heterocycles. The van der Waals surface area contributed by atoms with Gasteiger partial charge in [-0.25, -0.2) is 4.79 Å². The normalized spacial score (nSPS) is 27.7. The molecule has 5 atom stereocenters. The lowest BCUT2D eigenvalue weighted by atomic mass is 9.99. The molecule has 1 heterocycles. The maximum atomic E-state index is 12.5. The first-order valence-corrected chi connectivity index (χ1v) is 8.17. The third kappa shape index (κ3) is 3.99. The lowest BCUT2D eigenvalue weighted by Gasteiger charge is -2.38. The molecular formula is C19H18O8. The highest BCUT2D eigenvalue weighted by atomic mass is 16.7. The molecule has 8 heteroatoms. The highest BCUT2D eigenvalue weighted by Gasteiger charge is 2.48. The number of carbonyl (C=O) groups is 2. The zero-order chi connectivity index (χ0) is 19.6. The Kier molecular flexibility index (Phi) is 5.52. The van der Waals surface area contributed by atoms with E-state index in [4.69, 9.17) is 14.6 Å². The van der Waals surface area contributed by atoms with Gasteiger partial charge < -0.3 is 29.9 Å². The number of hydrogen-bond donors (Lipinski definition) is 4. The molecule has 1 aliphatic heterocycles. The Labute approximate surface area is 154 Å². The minimum absolute atomic E-state index is 0.133. The molecule has 0 spiro atoms. The van der Waals surface area contributed by atoms with Crippen LogP contribution in [0.2, 0.25) is 0 Å².